The highest BCUT2D eigenvalue weighted by molar-refractivity contribution is 6.27. The number of furan rings is 2. The summed E-state index contributed by atoms with van der Waals surface area (Å²) in [5.74, 6) is 0. The van der Waals surface area contributed by atoms with Crippen LogP contribution < -0.4 is 0 Å². The standard InChI is InChI=1S/C53H32N2O2/c1-2-12-33(13-3-1)35-14-10-15-36(30-35)44-32-37(39-19-11-23-49-51(39)41-17-5-8-21-47(41)56-49)31-43(54-44)34-24-26-38(27-25-34)55-45-20-7-4-16-40(45)52-46(55)28-29-50-53(52)42-18-6-9-22-48(42)57-50/h1-32H. The molecule has 0 aliphatic rings. The highest BCUT2D eigenvalue weighted by Gasteiger charge is 2.20. The Hall–Kier alpha value is -7.69. The Kier molecular flexibility index (Phi) is 6.89. The van der Waals surface area contributed by atoms with Crippen LogP contribution >= 0.6 is 0 Å². The third-order valence-corrected chi connectivity index (χ3v) is 11.4. The summed E-state index contributed by atoms with van der Waals surface area (Å²) in [5.41, 5.74) is 15.4. The predicted octanol–water partition coefficient (Wildman–Crippen LogP) is 14.6. The average molecular weight is 729 g/mol. The maximum absolute atomic E-state index is 6.34. The van der Waals surface area contributed by atoms with Crippen molar-refractivity contribution < 1.29 is 8.83 Å². The second kappa shape index (κ2) is 12.4. The third-order valence-electron chi connectivity index (χ3n) is 11.4. The Morgan fingerprint density at radius 2 is 0.930 bits per heavy atom. The molecule has 266 valence electrons. The molecule has 4 heterocycles. The number of hydrogen-bond donors (Lipinski definition) is 0. The third kappa shape index (κ3) is 4.98. The van der Waals surface area contributed by atoms with E-state index in [1.54, 1.807) is 0 Å². The van der Waals surface area contributed by atoms with E-state index in [4.69, 9.17) is 13.8 Å². The van der Waals surface area contributed by atoms with Crippen LogP contribution in [0, 0.1) is 0 Å². The van der Waals surface area contributed by atoms with E-state index in [0.29, 0.717) is 0 Å². The van der Waals surface area contributed by atoms with Crippen molar-refractivity contribution in [1.82, 2.24) is 9.55 Å². The molecule has 0 fully saturated rings. The van der Waals surface area contributed by atoms with Gasteiger partial charge < -0.3 is 13.4 Å². The first-order valence-corrected chi connectivity index (χ1v) is 19.3. The van der Waals surface area contributed by atoms with Crippen LogP contribution in [0.3, 0.4) is 0 Å². The smallest absolute Gasteiger partial charge is 0.136 e. The number of hydrogen-bond acceptors (Lipinski definition) is 3. The molecule has 12 aromatic rings. The van der Waals surface area contributed by atoms with E-state index < -0.39 is 0 Å². The van der Waals surface area contributed by atoms with Gasteiger partial charge in [0.1, 0.15) is 22.3 Å². The van der Waals surface area contributed by atoms with Crippen molar-refractivity contribution in [3.05, 3.63) is 194 Å². The zero-order valence-corrected chi connectivity index (χ0v) is 30.7. The molecule has 0 aliphatic carbocycles. The second-order valence-electron chi connectivity index (χ2n) is 14.7. The monoisotopic (exact) mass is 728 g/mol. The van der Waals surface area contributed by atoms with Crippen LogP contribution in [0.25, 0.3) is 116 Å². The van der Waals surface area contributed by atoms with Gasteiger partial charge in [0.2, 0.25) is 0 Å². The van der Waals surface area contributed by atoms with Crippen LogP contribution in [0.1, 0.15) is 0 Å². The molecule has 0 aliphatic heterocycles. The summed E-state index contributed by atoms with van der Waals surface area (Å²) in [6, 6.07) is 68.3. The van der Waals surface area contributed by atoms with Gasteiger partial charge in [-0.1, -0.05) is 127 Å². The summed E-state index contributed by atoms with van der Waals surface area (Å²) in [6.45, 7) is 0. The maximum atomic E-state index is 6.34. The fourth-order valence-corrected chi connectivity index (χ4v) is 8.82. The van der Waals surface area contributed by atoms with Gasteiger partial charge in [0.05, 0.1) is 22.4 Å². The van der Waals surface area contributed by atoms with Gasteiger partial charge in [0.15, 0.2) is 0 Å². The fraction of sp³-hybridized carbons (Fsp3) is 0. The molecule has 0 bridgehead atoms. The Balaban J connectivity index is 1.04. The van der Waals surface area contributed by atoms with Crippen molar-refractivity contribution in [3.8, 4) is 50.5 Å². The van der Waals surface area contributed by atoms with Crippen molar-refractivity contribution in [2.45, 2.75) is 0 Å². The minimum Gasteiger partial charge on any atom is -0.456 e. The van der Waals surface area contributed by atoms with E-state index in [1.807, 2.05) is 24.3 Å². The maximum Gasteiger partial charge on any atom is 0.136 e. The highest BCUT2D eigenvalue weighted by atomic mass is 16.3. The minimum absolute atomic E-state index is 0.871. The summed E-state index contributed by atoms with van der Waals surface area (Å²) in [6.07, 6.45) is 0. The number of benzene rings is 8. The van der Waals surface area contributed by atoms with Crippen molar-refractivity contribution in [2.24, 2.45) is 0 Å². The van der Waals surface area contributed by atoms with E-state index in [9.17, 15) is 0 Å². The lowest BCUT2D eigenvalue weighted by Gasteiger charge is -2.13. The SMILES string of the molecule is c1ccc(-c2cccc(-c3cc(-c4cccc5oc6ccccc6c45)cc(-c4ccc(-n5c6ccccc6c6c7c(ccc65)oc5ccccc57)cc4)n3)c2)cc1. The van der Waals surface area contributed by atoms with E-state index in [0.717, 1.165) is 99.8 Å². The highest BCUT2D eigenvalue weighted by Crippen LogP contribution is 2.42. The molecule has 8 aromatic carbocycles. The first-order valence-electron chi connectivity index (χ1n) is 19.3. The lowest BCUT2D eigenvalue weighted by atomic mass is 9.95. The lowest BCUT2D eigenvalue weighted by Crippen LogP contribution is -1.95. The molecule has 0 N–H and O–H groups in total. The molecular formula is C53H32N2O2. The Morgan fingerprint density at radius 3 is 1.72 bits per heavy atom. The number of rotatable bonds is 5. The second-order valence-corrected chi connectivity index (χ2v) is 14.7. The van der Waals surface area contributed by atoms with E-state index in [-0.39, 0.29) is 0 Å². The van der Waals surface area contributed by atoms with Gasteiger partial charge in [-0.25, -0.2) is 4.98 Å². The van der Waals surface area contributed by atoms with Crippen molar-refractivity contribution in [3.63, 3.8) is 0 Å². The van der Waals surface area contributed by atoms with Gasteiger partial charge in [-0.05, 0) is 89.0 Å². The molecule has 0 spiro atoms. The molecule has 12 rings (SSSR count). The Bertz CT molecular complexity index is 3510. The van der Waals surface area contributed by atoms with Crippen molar-refractivity contribution in [1.29, 1.82) is 0 Å². The van der Waals surface area contributed by atoms with Crippen LogP contribution in [0.4, 0.5) is 0 Å². The molecule has 4 heteroatoms. The number of nitrogens with zero attached hydrogens (tertiary/aromatic N) is 2. The summed E-state index contributed by atoms with van der Waals surface area (Å²) in [7, 11) is 0. The molecule has 4 nitrogen and oxygen atoms in total. The van der Waals surface area contributed by atoms with Gasteiger partial charge in [0.25, 0.3) is 0 Å². The fourth-order valence-electron chi connectivity index (χ4n) is 8.82. The average Bonchev–Trinajstić information content (AvgIpc) is 3.96. The lowest BCUT2D eigenvalue weighted by molar-refractivity contribution is 0.668. The van der Waals surface area contributed by atoms with E-state index in [2.05, 4.69) is 174 Å². The van der Waals surface area contributed by atoms with Crippen molar-refractivity contribution >= 4 is 65.7 Å². The molecule has 57 heavy (non-hydrogen) atoms. The summed E-state index contributed by atoms with van der Waals surface area (Å²) in [4.78, 5) is 5.37. The number of pyridine rings is 1. The van der Waals surface area contributed by atoms with Crippen LogP contribution in [0.15, 0.2) is 203 Å². The van der Waals surface area contributed by atoms with Crippen molar-refractivity contribution in [2.75, 3.05) is 0 Å². The Labute approximate surface area is 327 Å². The summed E-state index contributed by atoms with van der Waals surface area (Å²) >= 11 is 0. The zero-order chi connectivity index (χ0) is 37.5. The molecule has 0 radical (unpaired) electrons. The van der Waals surface area contributed by atoms with Crippen LogP contribution in [-0.4, -0.2) is 9.55 Å². The molecular weight excluding hydrogens is 697 g/mol. The first kappa shape index (κ1) is 31.6. The van der Waals surface area contributed by atoms with Gasteiger partial charge in [-0.15, -0.1) is 0 Å². The number of para-hydroxylation sites is 3. The molecule has 0 saturated carbocycles. The normalized spacial score (nSPS) is 11.9. The summed E-state index contributed by atoms with van der Waals surface area (Å²) < 4.78 is 15.0. The first-order chi connectivity index (χ1) is 28.2. The summed E-state index contributed by atoms with van der Waals surface area (Å²) in [5, 5.41) is 6.90. The van der Waals surface area contributed by atoms with E-state index >= 15 is 0 Å². The number of aromatic nitrogens is 2. The zero-order valence-electron chi connectivity index (χ0n) is 30.7. The Morgan fingerprint density at radius 1 is 0.333 bits per heavy atom. The molecule has 0 amide bonds. The van der Waals surface area contributed by atoms with Crippen LogP contribution in [0.2, 0.25) is 0 Å². The molecule has 0 saturated heterocycles. The molecule has 4 aromatic heterocycles. The van der Waals surface area contributed by atoms with Gasteiger partial charge in [-0.2, -0.15) is 0 Å². The van der Waals surface area contributed by atoms with Crippen LogP contribution in [-0.2, 0) is 0 Å². The van der Waals surface area contributed by atoms with Gasteiger partial charge >= 0.3 is 0 Å². The predicted molar refractivity (Wildman–Crippen MR) is 235 cm³/mol. The molecule has 0 unspecified atom stereocenters. The molecule has 0 atom stereocenters. The quantitative estimate of drug-likeness (QED) is 0.177. The van der Waals surface area contributed by atoms with Gasteiger partial charge in [0, 0.05) is 49.1 Å². The van der Waals surface area contributed by atoms with Gasteiger partial charge in [-0.3, -0.25) is 0 Å². The minimum atomic E-state index is 0.871. The van der Waals surface area contributed by atoms with E-state index in [1.165, 1.54) is 16.3 Å². The topological polar surface area (TPSA) is 44.1 Å². The number of fused-ring (bicyclic) bond motifs is 10. The van der Waals surface area contributed by atoms with Crippen LogP contribution in [0.5, 0.6) is 0 Å². The largest absolute Gasteiger partial charge is 0.456 e.